The van der Waals surface area contributed by atoms with Gasteiger partial charge in [0, 0.05) is 11.3 Å². The van der Waals surface area contributed by atoms with Gasteiger partial charge in [-0.1, -0.05) is 18.9 Å². The third-order valence-corrected chi connectivity index (χ3v) is 3.25. The van der Waals surface area contributed by atoms with Gasteiger partial charge >= 0.3 is 0 Å². The molecule has 1 aromatic heterocycles. The first-order chi connectivity index (χ1) is 6.79. The molecule has 0 saturated carbocycles. The molecule has 0 aliphatic carbocycles. The van der Waals surface area contributed by atoms with E-state index in [-0.39, 0.29) is 5.24 Å². The van der Waals surface area contributed by atoms with E-state index in [1.165, 1.54) is 24.1 Å². The normalized spacial score (nSPS) is 10.4. The molecule has 1 rings (SSSR count). The summed E-state index contributed by atoms with van der Waals surface area (Å²) in [5.74, 6) is 0. The zero-order chi connectivity index (χ0) is 10.2. The molecule has 0 saturated heterocycles. The summed E-state index contributed by atoms with van der Waals surface area (Å²) >= 11 is 7.05. The highest BCUT2D eigenvalue weighted by Gasteiger charge is 1.97. The van der Waals surface area contributed by atoms with Crippen molar-refractivity contribution in [3.63, 3.8) is 0 Å². The maximum atomic E-state index is 10.4. The highest BCUT2D eigenvalue weighted by molar-refractivity contribution is 7.09. The summed E-state index contributed by atoms with van der Waals surface area (Å²) in [5.41, 5.74) is 0. The maximum absolute atomic E-state index is 10.4. The van der Waals surface area contributed by atoms with Crippen molar-refractivity contribution in [3.8, 4) is 0 Å². The topological polar surface area (TPSA) is 17.1 Å². The van der Waals surface area contributed by atoms with Crippen LogP contribution in [0.2, 0.25) is 0 Å². The average molecular weight is 231 g/mol. The summed E-state index contributed by atoms with van der Waals surface area (Å²) in [6.07, 6.45) is 6.17. The average Bonchev–Trinajstić information content (AvgIpc) is 2.63. The summed E-state index contributed by atoms with van der Waals surface area (Å²) in [6.45, 7) is 0. The van der Waals surface area contributed by atoms with E-state index >= 15 is 0 Å². The summed E-state index contributed by atoms with van der Waals surface area (Å²) < 4.78 is 0. The lowest BCUT2D eigenvalue weighted by atomic mass is 10.1. The van der Waals surface area contributed by atoms with Gasteiger partial charge in [0.05, 0.1) is 0 Å². The van der Waals surface area contributed by atoms with Gasteiger partial charge in [-0.2, -0.15) is 0 Å². The maximum Gasteiger partial charge on any atom is 0.221 e. The van der Waals surface area contributed by atoms with Gasteiger partial charge < -0.3 is 0 Å². The molecule has 0 unspecified atom stereocenters. The Balaban J connectivity index is 1.92. The van der Waals surface area contributed by atoms with E-state index in [0.717, 1.165) is 12.8 Å². The first-order valence-corrected chi connectivity index (χ1v) is 6.25. The molecule has 0 fully saturated rings. The van der Waals surface area contributed by atoms with Crippen molar-refractivity contribution in [2.45, 2.75) is 38.5 Å². The van der Waals surface area contributed by atoms with Crippen LogP contribution >= 0.6 is 22.9 Å². The molecular weight excluding hydrogens is 216 g/mol. The fraction of sp³-hybridized carbons (Fsp3) is 0.545. The van der Waals surface area contributed by atoms with E-state index in [9.17, 15) is 4.79 Å². The molecule has 14 heavy (non-hydrogen) atoms. The van der Waals surface area contributed by atoms with Crippen molar-refractivity contribution in [2.75, 3.05) is 0 Å². The second-order valence-electron chi connectivity index (χ2n) is 3.35. The first kappa shape index (κ1) is 11.7. The number of halogens is 1. The van der Waals surface area contributed by atoms with Crippen molar-refractivity contribution in [3.05, 3.63) is 22.4 Å². The minimum absolute atomic E-state index is 0.205. The van der Waals surface area contributed by atoms with E-state index in [1.54, 1.807) is 0 Å². The van der Waals surface area contributed by atoms with Crippen molar-refractivity contribution in [2.24, 2.45) is 0 Å². The summed E-state index contributed by atoms with van der Waals surface area (Å²) in [4.78, 5) is 11.9. The quantitative estimate of drug-likeness (QED) is 0.511. The molecule has 0 radical (unpaired) electrons. The van der Waals surface area contributed by atoms with Crippen LogP contribution in [0.25, 0.3) is 0 Å². The number of aryl methyl sites for hydroxylation is 1. The van der Waals surface area contributed by atoms with Gasteiger partial charge in [-0.3, -0.25) is 4.79 Å². The van der Waals surface area contributed by atoms with Gasteiger partial charge in [0.1, 0.15) is 0 Å². The Morgan fingerprint density at radius 3 is 2.71 bits per heavy atom. The van der Waals surface area contributed by atoms with Gasteiger partial charge in [0.15, 0.2) is 0 Å². The SMILES string of the molecule is O=C(Cl)CCCCCCc1cccs1. The Morgan fingerprint density at radius 2 is 2.07 bits per heavy atom. The minimum atomic E-state index is -0.205. The van der Waals surface area contributed by atoms with Crippen molar-refractivity contribution < 1.29 is 4.79 Å². The molecule has 0 atom stereocenters. The predicted molar refractivity (Wildman–Crippen MR) is 62.0 cm³/mol. The molecule has 0 N–H and O–H groups in total. The number of hydrogen-bond donors (Lipinski definition) is 0. The van der Waals surface area contributed by atoms with E-state index in [0.29, 0.717) is 6.42 Å². The van der Waals surface area contributed by atoms with Gasteiger partial charge in [-0.15, -0.1) is 11.3 Å². The second kappa shape index (κ2) is 7.02. The lowest BCUT2D eigenvalue weighted by molar-refractivity contribution is -0.111. The molecule has 0 amide bonds. The van der Waals surface area contributed by atoms with Crippen LogP contribution in [0.5, 0.6) is 0 Å². The molecule has 0 bridgehead atoms. The summed E-state index contributed by atoms with van der Waals surface area (Å²) in [7, 11) is 0. The standard InChI is InChI=1S/C11H15ClOS/c12-11(13)8-4-2-1-3-6-10-7-5-9-14-10/h5,7,9H,1-4,6,8H2. The first-order valence-electron chi connectivity index (χ1n) is 5.00. The highest BCUT2D eigenvalue weighted by Crippen LogP contribution is 2.13. The molecule has 1 aromatic rings. The summed E-state index contributed by atoms with van der Waals surface area (Å²) in [5, 5.41) is 1.91. The number of thiophene rings is 1. The van der Waals surface area contributed by atoms with Crippen molar-refractivity contribution in [1.29, 1.82) is 0 Å². The molecule has 1 nitrogen and oxygen atoms in total. The number of rotatable bonds is 7. The Kier molecular flexibility index (Phi) is 5.88. The Morgan fingerprint density at radius 1 is 1.29 bits per heavy atom. The van der Waals surface area contributed by atoms with E-state index in [4.69, 9.17) is 11.6 Å². The van der Waals surface area contributed by atoms with Crippen LogP contribution < -0.4 is 0 Å². The zero-order valence-corrected chi connectivity index (χ0v) is 9.74. The molecular formula is C11H15ClOS. The number of carbonyl (C=O) groups is 1. The van der Waals surface area contributed by atoms with E-state index in [2.05, 4.69) is 17.5 Å². The number of unbranched alkanes of at least 4 members (excludes halogenated alkanes) is 3. The van der Waals surface area contributed by atoms with Crippen LogP contribution in [0.15, 0.2) is 17.5 Å². The van der Waals surface area contributed by atoms with E-state index < -0.39 is 0 Å². The fourth-order valence-electron chi connectivity index (χ4n) is 1.37. The Labute approximate surface area is 94.1 Å². The molecule has 3 heteroatoms. The predicted octanol–water partition coefficient (Wildman–Crippen LogP) is 4.01. The lowest BCUT2D eigenvalue weighted by Gasteiger charge is -1.98. The smallest absolute Gasteiger partial charge is 0.221 e. The van der Waals surface area contributed by atoms with Gasteiger partial charge in [-0.05, 0) is 42.3 Å². The van der Waals surface area contributed by atoms with Crippen LogP contribution in [-0.4, -0.2) is 5.24 Å². The van der Waals surface area contributed by atoms with Crippen LogP contribution in [0.3, 0.4) is 0 Å². The molecule has 0 aromatic carbocycles. The Bertz CT molecular complexity index is 256. The molecule has 0 spiro atoms. The van der Waals surface area contributed by atoms with Gasteiger partial charge in [0.2, 0.25) is 5.24 Å². The molecule has 1 heterocycles. The highest BCUT2D eigenvalue weighted by atomic mass is 35.5. The zero-order valence-electron chi connectivity index (χ0n) is 8.17. The fourth-order valence-corrected chi connectivity index (χ4v) is 2.26. The largest absolute Gasteiger partial charge is 0.281 e. The number of carbonyl (C=O) groups excluding carboxylic acids is 1. The second-order valence-corrected chi connectivity index (χ2v) is 4.80. The van der Waals surface area contributed by atoms with Crippen molar-refractivity contribution >= 4 is 28.2 Å². The van der Waals surface area contributed by atoms with E-state index in [1.807, 2.05) is 11.3 Å². The van der Waals surface area contributed by atoms with Crippen LogP contribution in [-0.2, 0) is 11.2 Å². The molecule has 0 aliphatic heterocycles. The lowest BCUT2D eigenvalue weighted by Crippen LogP contribution is -1.87. The van der Waals surface area contributed by atoms with Crippen LogP contribution in [0.4, 0.5) is 0 Å². The molecule has 78 valence electrons. The van der Waals surface area contributed by atoms with Gasteiger partial charge in [0.25, 0.3) is 0 Å². The third kappa shape index (κ3) is 5.40. The van der Waals surface area contributed by atoms with Crippen LogP contribution in [0, 0.1) is 0 Å². The van der Waals surface area contributed by atoms with Gasteiger partial charge in [-0.25, -0.2) is 0 Å². The summed E-state index contributed by atoms with van der Waals surface area (Å²) in [6, 6.07) is 4.26. The van der Waals surface area contributed by atoms with Crippen molar-refractivity contribution in [1.82, 2.24) is 0 Å². The number of hydrogen-bond acceptors (Lipinski definition) is 2. The Hall–Kier alpha value is -0.340. The third-order valence-electron chi connectivity index (χ3n) is 2.13. The minimum Gasteiger partial charge on any atom is -0.281 e. The molecule has 0 aliphatic rings. The monoisotopic (exact) mass is 230 g/mol. The van der Waals surface area contributed by atoms with Crippen LogP contribution in [0.1, 0.15) is 37.0 Å².